The first-order valence-corrected chi connectivity index (χ1v) is 22.6. The molecule has 308 valence electrons. The van der Waals surface area contributed by atoms with Crippen molar-refractivity contribution < 1.29 is 4.42 Å². The highest BCUT2D eigenvalue weighted by Crippen LogP contribution is 2.42. The summed E-state index contributed by atoms with van der Waals surface area (Å²) in [5.41, 5.74) is 14.4. The molecule has 0 bridgehead atoms. The Bertz CT molecular complexity index is 3990. The van der Waals surface area contributed by atoms with Crippen LogP contribution in [0.1, 0.15) is 0 Å². The Morgan fingerprint density at radius 1 is 0.242 bits per heavy atom. The first-order chi connectivity index (χ1) is 32.7. The van der Waals surface area contributed by atoms with Crippen LogP contribution in [0.25, 0.3) is 110 Å². The Kier molecular flexibility index (Phi) is 8.89. The molecular weight excluding hydrogens is 799 g/mol. The third kappa shape index (κ3) is 6.50. The van der Waals surface area contributed by atoms with E-state index in [2.05, 4.69) is 241 Å². The van der Waals surface area contributed by atoms with Gasteiger partial charge in [0.1, 0.15) is 11.2 Å². The van der Waals surface area contributed by atoms with Gasteiger partial charge in [-0.15, -0.1) is 0 Å². The molecule has 0 atom stereocenters. The number of para-hydroxylation sites is 1. The van der Waals surface area contributed by atoms with Crippen molar-refractivity contribution >= 4 is 82.1 Å². The molecule has 0 aliphatic carbocycles. The van der Waals surface area contributed by atoms with Crippen molar-refractivity contribution in [2.24, 2.45) is 0 Å². The van der Waals surface area contributed by atoms with E-state index in [0.717, 1.165) is 61.3 Å². The lowest BCUT2D eigenvalue weighted by Crippen LogP contribution is -2.10. The van der Waals surface area contributed by atoms with E-state index in [-0.39, 0.29) is 0 Å². The van der Waals surface area contributed by atoms with Gasteiger partial charge in [0.25, 0.3) is 0 Å². The Morgan fingerprint density at radius 3 is 1.27 bits per heavy atom. The average Bonchev–Trinajstić information content (AvgIpc) is 3.78. The Labute approximate surface area is 382 Å². The quantitative estimate of drug-likeness (QED) is 0.149. The van der Waals surface area contributed by atoms with E-state index in [1.54, 1.807) is 0 Å². The highest BCUT2D eigenvalue weighted by Gasteiger charge is 2.17. The van der Waals surface area contributed by atoms with Gasteiger partial charge in [-0.1, -0.05) is 188 Å². The Hall–Kier alpha value is -8.72. The van der Waals surface area contributed by atoms with Gasteiger partial charge in [-0.25, -0.2) is 0 Å². The molecule has 66 heavy (non-hydrogen) atoms. The maximum atomic E-state index is 6.28. The summed E-state index contributed by atoms with van der Waals surface area (Å²) in [6, 6.07) is 90.4. The SMILES string of the molecule is c1cc(-c2ccc(-c3ccc4ccc5ccccc5c4c3)cc2)cc(N(c2ccc(-c3cccc4oc5ccccc5c34)cc2)c2cccc(-c3ccc4ccc5ccccc5c4c3)c2)c1. The standard InChI is InChI=1S/C64H41NO/c1-3-16-56-44(10-1)26-28-47-30-32-51(40-60(47)56)43-24-22-42(23-25-43)49-12-7-14-54(38-49)65(53-36-34-46(35-37-53)58-19-9-21-63-64(58)59-18-5-6-20-62(59)66-63)55-15-8-13-50(39-55)52-33-31-48-29-27-45-11-2-4-17-57(45)61(48)41-52/h1-41H. The molecule has 2 nitrogen and oxygen atoms in total. The molecule has 0 amide bonds. The first kappa shape index (κ1) is 37.8. The summed E-state index contributed by atoms with van der Waals surface area (Å²) < 4.78 is 6.28. The van der Waals surface area contributed by atoms with Crippen LogP contribution < -0.4 is 4.90 Å². The summed E-state index contributed by atoms with van der Waals surface area (Å²) in [6.07, 6.45) is 0. The molecule has 0 spiro atoms. The van der Waals surface area contributed by atoms with Crippen LogP contribution in [0.2, 0.25) is 0 Å². The van der Waals surface area contributed by atoms with Crippen LogP contribution in [0.3, 0.4) is 0 Å². The third-order valence-corrected chi connectivity index (χ3v) is 13.4. The fourth-order valence-corrected chi connectivity index (χ4v) is 10.1. The smallest absolute Gasteiger partial charge is 0.136 e. The lowest BCUT2D eigenvalue weighted by atomic mass is 9.95. The second-order valence-electron chi connectivity index (χ2n) is 17.3. The number of furan rings is 1. The number of hydrogen-bond acceptors (Lipinski definition) is 2. The molecule has 0 saturated heterocycles. The molecule has 0 aliphatic rings. The van der Waals surface area contributed by atoms with Gasteiger partial charge in [-0.3, -0.25) is 0 Å². The average molecular weight is 840 g/mol. The van der Waals surface area contributed by atoms with E-state index in [0.29, 0.717) is 0 Å². The number of fused-ring (bicyclic) bond motifs is 9. The molecule has 0 fully saturated rings. The van der Waals surface area contributed by atoms with Crippen LogP contribution in [0.15, 0.2) is 253 Å². The molecule has 13 rings (SSSR count). The number of benzene rings is 12. The maximum Gasteiger partial charge on any atom is 0.136 e. The zero-order chi connectivity index (χ0) is 43.6. The molecule has 13 aromatic rings. The van der Waals surface area contributed by atoms with Crippen LogP contribution in [0, 0.1) is 0 Å². The predicted molar refractivity (Wildman–Crippen MR) is 280 cm³/mol. The first-order valence-electron chi connectivity index (χ1n) is 22.6. The predicted octanol–water partition coefficient (Wildman–Crippen LogP) is 18.3. The van der Waals surface area contributed by atoms with Gasteiger partial charge >= 0.3 is 0 Å². The molecule has 2 heteroatoms. The van der Waals surface area contributed by atoms with Gasteiger partial charge < -0.3 is 9.32 Å². The summed E-state index contributed by atoms with van der Waals surface area (Å²) in [4.78, 5) is 2.38. The molecule has 0 unspecified atom stereocenters. The summed E-state index contributed by atoms with van der Waals surface area (Å²) >= 11 is 0. The van der Waals surface area contributed by atoms with Gasteiger partial charge in [0.05, 0.1) is 0 Å². The van der Waals surface area contributed by atoms with E-state index >= 15 is 0 Å². The largest absolute Gasteiger partial charge is 0.456 e. The van der Waals surface area contributed by atoms with Gasteiger partial charge in [-0.2, -0.15) is 0 Å². The van der Waals surface area contributed by atoms with Crippen molar-refractivity contribution in [2.75, 3.05) is 4.90 Å². The van der Waals surface area contributed by atoms with Crippen LogP contribution >= 0.6 is 0 Å². The van der Waals surface area contributed by atoms with Crippen molar-refractivity contribution in [3.8, 4) is 44.5 Å². The van der Waals surface area contributed by atoms with Crippen molar-refractivity contribution in [1.29, 1.82) is 0 Å². The lowest BCUT2D eigenvalue weighted by molar-refractivity contribution is 0.669. The number of nitrogens with zero attached hydrogens (tertiary/aromatic N) is 1. The highest BCUT2D eigenvalue weighted by atomic mass is 16.3. The van der Waals surface area contributed by atoms with Gasteiger partial charge in [0, 0.05) is 27.8 Å². The molecule has 1 heterocycles. The van der Waals surface area contributed by atoms with Crippen LogP contribution in [0.4, 0.5) is 17.1 Å². The van der Waals surface area contributed by atoms with E-state index in [1.807, 2.05) is 12.1 Å². The minimum absolute atomic E-state index is 0.897. The van der Waals surface area contributed by atoms with E-state index in [4.69, 9.17) is 4.42 Å². The highest BCUT2D eigenvalue weighted by molar-refractivity contribution is 6.13. The monoisotopic (exact) mass is 839 g/mol. The molecule has 0 N–H and O–H groups in total. The second-order valence-corrected chi connectivity index (χ2v) is 17.3. The summed E-state index contributed by atoms with van der Waals surface area (Å²) in [5.74, 6) is 0. The number of hydrogen-bond donors (Lipinski definition) is 0. The van der Waals surface area contributed by atoms with Crippen molar-refractivity contribution in [1.82, 2.24) is 0 Å². The zero-order valence-electron chi connectivity index (χ0n) is 36.0. The minimum Gasteiger partial charge on any atom is -0.456 e. The van der Waals surface area contributed by atoms with Crippen molar-refractivity contribution in [3.05, 3.63) is 249 Å². The lowest BCUT2D eigenvalue weighted by Gasteiger charge is -2.27. The van der Waals surface area contributed by atoms with Gasteiger partial charge in [0.2, 0.25) is 0 Å². The van der Waals surface area contributed by atoms with Crippen LogP contribution in [0.5, 0.6) is 0 Å². The minimum atomic E-state index is 0.897. The van der Waals surface area contributed by atoms with Crippen molar-refractivity contribution in [2.45, 2.75) is 0 Å². The molecule has 1 aromatic heterocycles. The normalized spacial score (nSPS) is 11.6. The molecule has 0 radical (unpaired) electrons. The van der Waals surface area contributed by atoms with Crippen LogP contribution in [-0.2, 0) is 0 Å². The summed E-state index contributed by atoms with van der Waals surface area (Å²) in [6.45, 7) is 0. The molecule has 0 saturated carbocycles. The Balaban J connectivity index is 0.902. The second kappa shape index (κ2) is 15.5. The maximum absolute atomic E-state index is 6.28. The fraction of sp³-hybridized carbons (Fsp3) is 0. The number of rotatable bonds is 7. The van der Waals surface area contributed by atoms with E-state index in [1.165, 1.54) is 65.3 Å². The van der Waals surface area contributed by atoms with E-state index < -0.39 is 0 Å². The molecular formula is C64H41NO. The van der Waals surface area contributed by atoms with Crippen molar-refractivity contribution in [3.63, 3.8) is 0 Å². The van der Waals surface area contributed by atoms with E-state index in [9.17, 15) is 0 Å². The fourth-order valence-electron chi connectivity index (χ4n) is 10.1. The third-order valence-electron chi connectivity index (χ3n) is 13.4. The Morgan fingerprint density at radius 2 is 0.667 bits per heavy atom. The zero-order valence-corrected chi connectivity index (χ0v) is 36.0. The van der Waals surface area contributed by atoms with Gasteiger partial charge in [0.15, 0.2) is 0 Å². The number of anilines is 3. The summed E-state index contributed by atoms with van der Waals surface area (Å²) in [5, 5.41) is 12.4. The topological polar surface area (TPSA) is 16.4 Å². The van der Waals surface area contributed by atoms with Crippen LogP contribution in [-0.4, -0.2) is 0 Å². The molecule has 12 aromatic carbocycles. The molecule has 0 aliphatic heterocycles. The summed E-state index contributed by atoms with van der Waals surface area (Å²) in [7, 11) is 0. The van der Waals surface area contributed by atoms with Gasteiger partial charge in [-0.05, 0) is 148 Å².